The zero-order chi connectivity index (χ0) is 16.7. The minimum atomic E-state index is -0.825. The fourth-order valence-electron chi connectivity index (χ4n) is 1.69. The van der Waals surface area contributed by atoms with E-state index in [2.05, 4.69) is 21.2 Å². The molecule has 0 saturated heterocycles. The van der Waals surface area contributed by atoms with Crippen molar-refractivity contribution in [2.75, 3.05) is 11.1 Å². The van der Waals surface area contributed by atoms with Gasteiger partial charge in [-0.15, -0.1) is 23.1 Å². The highest BCUT2D eigenvalue weighted by molar-refractivity contribution is 9.10. The lowest BCUT2D eigenvalue weighted by atomic mass is 10.3. The van der Waals surface area contributed by atoms with Gasteiger partial charge in [0.2, 0.25) is 0 Å². The van der Waals surface area contributed by atoms with Crippen LogP contribution >= 0.6 is 39.0 Å². The molecule has 0 aliphatic rings. The van der Waals surface area contributed by atoms with Gasteiger partial charge in [0.15, 0.2) is 6.10 Å². The fourth-order valence-corrected chi connectivity index (χ4v) is 3.60. The summed E-state index contributed by atoms with van der Waals surface area (Å²) in [5, 5.41) is 4.71. The molecule has 1 aromatic carbocycles. The quantitative estimate of drug-likeness (QED) is 0.686. The van der Waals surface area contributed by atoms with Crippen molar-refractivity contribution in [3.05, 3.63) is 51.1 Å². The minimum absolute atomic E-state index is 0.230. The van der Waals surface area contributed by atoms with E-state index < -0.39 is 6.10 Å². The Balaban J connectivity index is 1.71. The zero-order valence-corrected chi connectivity index (χ0v) is 15.7. The molecule has 0 radical (unpaired) electrons. The standard InChI is InChI=1S/C16H16BrNO3S2/c1-11(16(20)18-13-6-4-12(17)5-7-13)21-15(19)10-22-9-14-3-2-8-23-14/h2-8,11H,9-10H2,1H3,(H,18,20)/t11-/m1/s1. The summed E-state index contributed by atoms with van der Waals surface area (Å²) < 4.78 is 6.08. The Morgan fingerprint density at radius 1 is 1.30 bits per heavy atom. The van der Waals surface area contributed by atoms with Gasteiger partial charge < -0.3 is 10.1 Å². The van der Waals surface area contributed by atoms with E-state index in [9.17, 15) is 9.59 Å². The van der Waals surface area contributed by atoms with Gasteiger partial charge in [-0.2, -0.15) is 0 Å². The van der Waals surface area contributed by atoms with Crippen molar-refractivity contribution in [3.8, 4) is 0 Å². The topological polar surface area (TPSA) is 55.4 Å². The summed E-state index contributed by atoms with van der Waals surface area (Å²) >= 11 is 6.46. The summed E-state index contributed by atoms with van der Waals surface area (Å²) in [5.41, 5.74) is 0.660. The Hall–Kier alpha value is -1.31. The van der Waals surface area contributed by atoms with Crippen molar-refractivity contribution in [1.82, 2.24) is 0 Å². The van der Waals surface area contributed by atoms with Gasteiger partial charge in [0.1, 0.15) is 0 Å². The van der Waals surface area contributed by atoms with E-state index in [4.69, 9.17) is 4.74 Å². The maximum atomic E-state index is 12.0. The van der Waals surface area contributed by atoms with E-state index in [1.54, 1.807) is 30.4 Å². The van der Waals surface area contributed by atoms with E-state index in [0.29, 0.717) is 5.69 Å². The predicted octanol–water partition coefficient (Wildman–Crippen LogP) is 4.31. The van der Waals surface area contributed by atoms with Gasteiger partial charge >= 0.3 is 5.97 Å². The number of hydrogen-bond acceptors (Lipinski definition) is 5. The number of thioether (sulfide) groups is 1. The molecule has 4 nitrogen and oxygen atoms in total. The first-order chi connectivity index (χ1) is 11.0. The van der Waals surface area contributed by atoms with Crippen LogP contribution in [-0.4, -0.2) is 23.7 Å². The Morgan fingerprint density at radius 3 is 2.70 bits per heavy atom. The first-order valence-electron chi connectivity index (χ1n) is 6.90. The number of amides is 1. The first kappa shape index (κ1) is 18.0. The van der Waals surface area contributed by atoms with Gasteiger partial charge in [-0.05, 0) is 42.6 Å². The number of halogens is 1. The molecule has 0 aliphatic carbocycles. The van der Waals surface area contributed by atoms with Gasteiger partial charge in [0.05, 0.1) is 5.75 Å². The molecule has 2 rings (SSSR count). The number of carbonyl (C=O) groups excluding carboxylic acids is 2. The van der Waals surface area contributed by atoms with Crippen molar-refractivity contribution < 1.29 is 14.3 Å². The third kappa shape index (κ3) is 6.37. The van der Waals surface area contributed by atoms with E-state index in [0.717, 1.165) is 10.2 Å². The van der Waals surface area contributed by atoms with Gasteiger partial charge in [-0.25, -0.2) is 0 Å². The van der Waals surface area contributed by atoms with E-state index in [1.165, 1.54) is 16.6 Å². The molecule has 0 spiro atoms. The summed E-state index contributed by atoms with van der Waals surface area (Å²) in [5.74, 6) is 0.272. The molecule has 1 heterocycles. The van der Waals surface area contributed by atoms with Crippen LogP contribution in [0.25, 0.3) is 0 Å². The number of ether oxygens (including phenoxy) is 1. The molecule has 0 aliphatic heterocycles. The van der Waals surface area contributed by atoms with Gasteiger partial charge in [-0.3, -0.25) is 9.59 Å². The largest absolute Gasteiger partial charge is 0.452 e. The predicted molar refractivity (Wildman–Crippen MR) is 98.8 cm³/mol. The Kier molecular flexibility index (Phi) is 7.14. The third-order valence-corrected chi connectivity index (χ3v) is 5.38. The van der Waals surface area contributed by atoms with Crippen LogP contribution in [-0.2, 0) is 20.1 Å². The normalized spacial score (nSPS) is 11.7. The number of hydrogen-bond donors (Lipinski definition) is 1. The molecular weight excluding hydrogens is 398 g/mol. The second-order valence-corrected chi connectivity index (χ2v) is 7.63. The number of rotatable bonds is 7. The van der Waals surface area contributed by atoms with Crippen LogP contribution in [0.2, 0.25) is 0 Å². The van der Waals surface area contributed by atoms with Crippen molar-refractivity contribution >= 4 is 56.6 Å². The SMILES string of the molecule is C[C@@H](OC(=O)CSCc1cccs1)C(=O)Nc1ccc(Br)cc1. The molecule has 0 saturated carbocycles. The first-order valence-corrected chi connectivity index (χ1v) is 9.73. The molecule has 1 aromatic heterocycles. The number of anilines is 1. The van der Waals surface area contributed by atoms with Crippen molar-refractivity contribution in [2.24, 2.45) is 0 Å². The second kappa shape index (κ2) is 9.10. The zero-order valence-electron chi connectivity index (χ0n) is 12.5. The summed E-state index contributed by atoms with van der Waals surface area (Å²) in [6.45, 7) is 1.57. The molecule has 0 unspecified atom stereocenters. The maximum Gasteiger partial charge on any atom is 0.316 e. The summed E-state index contributed by atoms with van der Waals surface area (Å²) in [6.07, 6.45) is -0.825. The summed E-state index contributed by atoms with van der Waals surface area (Å²) in [6, 6.07) is 11.2. The Labute approximate surface area is 151 Å². The van der Waals surface area contributed by atoms with Crippen molar-refractivity contribution in [3.63, 3.8) is 0 Å². The number of benzene rings is 1. The highest BCUT2D eigenvalue weighted by Gasteiger charge is 2.17. The number of nitrogens with one attached hydrogen (secondary N) is 1. The summed E-state index contributed by atoms with van der Waals surface area (Å²) in [4.78, 5) is 25.0. The molecule has 122 valence electrons. The van der Waals surface area contributed by atoms with Crippen LogP contribution in [0.3, 0.4) is 0 Å². The molecule has 0 bridgehead atoms. The van der Waals surface area contributed by atoms with Crippen LogP contribution in [0.1, 0.15) is 11.8 Å². The minimum Gasteiger partial charge on any atom is -0.452 e. The average Bonchev–Trinajstić information content (AvgIpc) is 3.02. The molecule has 1 N–H and O–H groups in total. The van der Waals surface area contributed by atoms with Crippen LogP contribution in [0.4, 0.5) is 5.69 Å². The highest BCUT2D eigenvalue weighted by atomic mass is 79.9. The smallest absolute Gasteiger partial charge is 0.316 e. The lowest BCUT2D eigenvalue weighted by Gasteiger charge is -2.13. The summed E-state index contributed by atoms with van der Waals surface area (Å²) in [7, 11) is 0. The molecule has 23 heavy (non-hydrogen) atoms. The molecule has 0 fully saturated rings. The lowest BCUT2D eigenvalue weighted by molar-refractivity contribution is -0.150. The van der Waals surface area contributed by atoms with Crippen LogP contribution < -0.4 is 5.32 Å². The monoisotopic (exact) mass is 413 g/mol. The molecule has 1 atom stereocenters. The average molecular weight is 414 g/mol. The van der Waals surface area contributed by atoms with E-state index in [-0.39, 0.29) is 17.6 Å². The van der Waals surface area contributed by atoms with Crippen LogP contribution in [0, 0.1) is 0 Å². The number of carbonyl (C=O) groups is 2. The maximum absolute atomic E-state index is 12.0. The lowest BCUT2D eigenvalue weighted by Crippen LogP contribution is -2.30. The van der Waals surface area contributed by atoms with E-state index in [1.807, 2.05) is 29.6 Å². The van der Waals surface area contributed by atoms with Gasteiger partial charge in [0, 0.05) is 20.8 Å². The molecule has 7 heteroatoms. The van der Waals surface area contributed by atoms with Crippen molar-refractivity contribution in [2.45, 2.75) is 18.8 Å². The second-order valence-electron chi connectivity index (χ2n) is 4.70. The third-order valence-electron chi connectivity index (χ3n) is 2.83. The Bertz CT molecular complexity index is 644. The van der Waals surface area contributed by atoms with Crippen molar-refractivity contribution in [1.29, 1.82) is 0 Å². The highest BCUT2D eigenvalue weighted by Crippen LogP contribution is 2.17. The number of esters is 1. The fraction of sp³-hybridized carbons (Fsp3) is 0.250. The van der Waals surface area contributed by atoms with Crippen LogP contribution in [0.5, 0.6) is 0 Å². The Morgan fingerprint density at radius 2 is 2.04 bits per heavy atom. The van der Waals surface area contributed by atoms with Gasteiger partial charge in [0.25, 0.3) is 5.91 Å². The molecule has 2 aromatic rings. The molecule has 1 amide bonds. The van der Waals surface area contributed by atoms with E-state index >= 15 is 0 Å². The number of thiophene rings is 1. The molecular formula is C16H16BrNO3S2. The van der Waals surface area contributed by atoms with Crippen LogP contribution in [0.15, 0.2) is 46.3 Å². The van der Waals surface area contributed by atoms with Gasteiger partial charge in [-0.1, -0.05) is 22.0 Å².